The molecule has 1 aromatic heterocycles. The highest BCUT2D eigenvalue weighted by atomic mass is 16.5. The summed E-state index contributed by atoms with van der Waals surface area (Å²) in [6.07, 6.45) is 7.41. The van der Waals surface area contributed by atoms with Gasteiger partial charge in [-0.2, -0.15) is 0 Å². The average molecular weight is 268 g/mol. The van der Waals surface area contributed by atoms with Crippen LogP contribution < -0.4 is 0 Å². The SMILES string of the molecule is CCCCCCCCOCc1cc(C(=O)O)oc1C. The van der Waals surface area contributed by atoms with Crippen molar-refractivity contribution in [3.05, 3.63) is 23.2 Å². The minimum atomic E-state index is -1.04. The number of unbranched alkanes of at least 4 members (excludes halogenated alkanes) is 5. The van der Waals surface area contributed by atoms with E-state index in [-0.39, 0.29) is 5.76 Å². The summed E-state index contributed by atoms with van der Waals surface area (Å²) in [6.45, 7) is 5.12. The van der Waals surface area contributed by atoms with Crippen LogP contribution in [0, 0.1) is 6.92 Å². The third kappa shape index (κ3) is 5.92. The van der Waals surface area contributed by atoms with E-state index in [9.17, 15) is 4.79 Å². The lowest BCUT2D eigenvalue weighted by atomic mass is 10.1. The number of aromatic carboxylic acids is 1. The molecule has 0 unspecified atom stereocenters. The molecular formula is C15H24O4. The summed E-state index contributed by atoms with van der Waals surface area (Å²) in [6, 6.07) is 1.54. The number of carboxylic acids is 1. The van der Waals surface area contributed by atoms with Crippen molar-refractivity contribution < 1.29 is 19.1 Å². The summed E-state index contributed by atoms with van der Waals surface area (Å²) in [7, 11) is 0. The molecule has 0 aliphatic carbocycles. The molecule has 1 heterocycles. The highest BCUT2D eigenvalue weighted by Crippen LogP contribution is 2.16. The van der Waals surface area contributed by atoms with E-state index in [2.05, 4.69) is 6.92 Å². The summed E-state index contributed by atoms with van der Waals surface area (Å²) >= 11 is 0. The van der Waals surface area contributed by atoms with Crippen molar-refractivity contribution in [1.82, 2.24) is 0 Å². The number of carboxylic acid groups (broad SMARTS) is 1. The molecule has 108 valence electrons. The van der Waals surface area contributed by atoms with Crippen molar-refractivity contribution in [3.8, 4) is 0 Å². The van der Waals surface area contributed by atoms with E-state index in [1.165, 1.54) is 32.1 Å². The smallest absolute Gasteiger partial charge is 0.371 e. The summed E-state index contributed by atoms with van der Waals surface area (Å²) in [4.78, 5) is 10.7. The van der Waals surface area contributed by atoms with Gasteiger partial charge in [-0.3, -0.25) is 0 Å². The highest BCUT2D eigenvalue weighted by molar-refractivity contribution is 5.84. The van der Waals surface area contributed by atoms with Gasteiger partial charge in [-0.15, -0.1) is 0 Å². The predicted octanol–water partition coefficient (Wildman–Crippen LogP) is 4.16. The van der Waals surface area contributed by atoms with Crippen LogP contribution in [0.1, 0.15) is 67.3 Å². The third-order valence-corrected chi connectivity index (χ3v) is 3.13. The summed E-state index contributed by atoms with van der Waals surface area (Å²) < 4.78 is 10.7. The molecule has 1 aromatic rings. The first-order valence-corrected chi connectivity index (χ1v) is 7.05. The number of furan rings is 1. The van der Waals surface area contributed by atoms with E-state index in [4.69, 9.17) is 14.3 Å². The number of ether oxygens (including phenoxy) is 1. The van der Waals surface area contributed by atoms with Gasteiger partial charge in [0, 0.05) is 12.2 Å². The molecule has 0 bridgehead atoms. The molecule has 0 amide bonds. The molecule has 19 heavy (non-hydrogen) atoms. The van der Waals surface area contributed by atoms with Crippen LogP contribution in [0.5, 0.6) is 0 Å². The first-order valence-electron chi connectivity index (χ1n) is 7.05. The maximum absolute atomic E-state index is 10.7. The van der Waals surface area contributed by atoms with Gasteiger partial charge in [0.25, 0.3) is 0 Å². The zero-order valence-electron chi connectivity index (χ0n) is 11.9. The Hall–Kier alpha value is -1.29. The van der Waals surface area contributed by atoms with Gasteiger partial charge in [-0.25, -0.2) is 4.79 Å². The van der Waals surface area contributed by atoms with Crippen molar-refractivity contribution in [2.75, 3.05) is 6.61 Å². The van der Waals surface area contributed by atoms with Crippen LogP contribution >= 0.6 is 0 Å². The Bertz CT molecular complexity index is 381. The minimum Gasteiger partial charge on any atom is -0.475 e. The van der Waals surface area contributed by atoms with Gasteiger partial charge in [0.2, 0.25) is 5.76 Å². The first-order chi connectivity index (χ1) is 9.15. The average Bonchev–Trinajstić information content (AvgIpc) is 2.74. The Balaban J connectivity index is 2.14. The minimum absolute atomic E-state index is 0.0179. The molecule has 0 aliphatic heterocycles. The molecule has 0 fully saturated rings. The van der Waals surface area contributed by atoms with Crippen LogP contribution in [-0.2, 0) is 11.3 Å². The largest absolute Gasteiger partial charge is 0.475 e. The number of rotatable bonds is 10. The van der Waals surface area contributed by atoms with E-state index in [0.717, 1.165) is 18.6 Å². The number of hydrogen-bond acceptors (Lipinski definition) is 3. The molecule has 0 saturated heterocycles. The monoisotopic (exact) mass is 268 g/mol. The molecule has 0 spiro atoms. The fraction of sp³-hybridized carbons (Fsp3) is 0.667. The van der Waals surface area contributed by atoms with E-state index >= 15 is 0 Å². The Morgan fingerprint density at radius 2 is 1.95 bits per heavy atom. The Morgan fingerprint density at radius 3 is 2.58 bits per heavy atom. The fourth-order valence-electron chi connectivity index (χ4n) is 1.94. The first kappa shape index (κ1) is 15.8. The predicted molar refractivity (Wildman–Crippen MR) is 73.4 cm³/mol. The number of hydrogen-bond donors (Lipinski definition) is 1. The second-order valence-corrected chi connectivity index (χ2v) is 4.82. The standard InChI is InChI=1S/C15H24O4/c1-3-4-5-6-7-8-9-18-11-13-10-14(15(16)17)19-12(13)2/h10H,3-9,11H2,1-2H3,(H,16,17). The summed E-state index contributed by atoms with van der Waals surface area (Å²) in [5.74, 6) is -0.429. The summed E-state index contributed by atoms with van der Waals surface area (Å²) in [5.41, 5.74) is 0.823. The lowest BCUT2D eigenvalue weighted by Crippen LogP contribution is -1.96. The van der Waals surface area contributed by atoms with Gasteiger partial charge < -0.3 is 14.3 Å². The molecule has 0 radical (unpaired) electrons. The Morgan fingerprint density at radius 1 is 1.26 bits per heavy atom. The van der Waals surface area contributed by atoms with Crippen molar-refractivity contribution in [2.45, 2.75) is 59.0 Å². The third-order valence-electron chi connectivity index (χ3n) is 3.13. The van der Waals surface area contributed by atoms with Crippen LogP contribution in [0.4, 0.5) is 0 Å². The maximum atomic E-state index is 10.7. The Kier molecular flexibility index (Phi) is 7.26. The second-order valence-electron chi connectivity index (χ2n) is 4.82. The van der Waals surface area contributed by atoms with Crippen LogP contribution in [0.2, 0.25) is 0 Å². The van der Waals surface area contributed by atoms with Crippen molar-refractivity contribution in [2.24, 2.45) is 0 Å². The van der Waals surface area contributed by atoms with Crippen molar-refractivity contribution in [1.29, 1.82) is 0 Å². The lowest BCUT2D eigenvalue weighted by molar-refractivity contribution is 0.0661. The quantitative estimate of drug-likeness (QED) is 0.647. The molecule has 0 atom stereocenters. The zero-order valence-corrected chi connectivity index (χ0v) is 11.9. The van der Waals surface area contributed by atoms with Gasteiger partial charge in [-0.05, 0) is 19.4 Å². The molecule has 4 nitrogen and oxygen atoms in total. The topological polar surface area (TPSA) is 59.7 Å². The van der Waals surface area contributed by atoms with Gasteiger partial charge >= 0.3 is 5.97 Å². The number of carbonyl (C=O) groups is 1. The van der Waals surface area contributed by atoms with E-state index in [0.29, 0.717) is 12.4 Å². The molecule has 1 rings (SSSR count). The molecule has 0 aliphatic rings. The molecule has 0 aromatic carbocycles. The van der Waals surface area contributed by atoms with Crippen LogP contribution in [-0.4, -0.2) is 17.7 Å². The van der Waals surface area contributed by atoms with Crippen molar-refractivity contribution in [3.63, 3.8) is 0 Å². The summed E-state index contributed by atoms with van der Waals surface area (Å²) in [5, 5.41) is 8.80. The van der Waals surface area contributed by atoms with Crippen molar-refractivity contribution >= 4 is 5.97 Å². The lowest BCUT2D eigenvalue weighted by Gasteiger charge is -2.03. The molecular weight excluding hydrogens is 244 g/mol. The van der Waals surface area contributed by atoms with E-state index in [1.54, 1.807) is 13.0 Å². The normalized spacial score (nSPS) is 10.8. The molecule has 1 N–H and O–H groups in total. The molecule has 4 heteroatoms. The number of aryl methyl sites for hydroxylation is 1. The van der Waals surface area contributed by atoms with Crippen LogP contribution in [0.3, 0.4) is 0 Å². The van der Waals surface area contributed by atoms with E-state index < -0.39 is 5.97 Å². The molecule has 0 saturated carbocycles. The van der Waals surface area contributed by atoms with Gasteiger partial charge in [0.15, 0.2) is 0 Å². The zero-order chi connectivity index (χ0) is 14.1. The Labute approximate surface area is 114 Å². The van der Waals surface area contributed by atoms with Crippen LogP contribution in [0.25, 0.3) is 0 Å². The maximum Gasteiger partial charge on any atom is 0.371 e. The van der Waals surface area contributed by atoms with Crippen LogP contribution in [0.15, 0.2) is 10.5 Å². The highest BCUT2D eigenvalue weighted by Gasteiger charge is 2.12. The fourth-order valence-corrected chi connectivity index (χ4v) is 1.94. The second kappa shape index (κ2) is 8.75. The van der Waals surface area contributed by atoms with Gasteiger partial charge in [0.05, 0.1) is 6.61 Å². The van der Waals surface area contributed by atoms with E-state index in [1.807, 2.05) is 0 Å². The van der Waals surface area contributed by atoms with Gasteiger partial charge in [-0.1, -0.05) is 39.0 Å². The van der Waals surface area contributed by atoms with Gasteiger partial charge in [0.1, 0.15) is 5.76 Å².